The highest BCUT2D eigenvalue weighted by Crippen LogP contribution is 2.19. The van der Waals surface area contributed by atoms with E-state index in [9.17, 15) is 0 Å². The molecule has 1 aromatic heterocycles. The summed E-state index contributed by atoms with van der Waals surface area (Å²) in [6, 6.07) is 11.5. The van der Waals surface area contributed by atoms with E-state index in [4.69, 9.17) is 16.3 Å². The zero-order valence-electron chi connectivity index (χ0n) is 11.5. The Labute approximate surface area is 124 Å². The molecule has 0 amide bonds. The highest BCUT2D eigenvalue weighted by Gasteiger charge is 2.05. The monoisotopic (exact) mass is 291 g/mol. The Kier molecular flexibility index (Phi) is 5.77. The zero-order valence-corrected chi connectivity index (χ0v) is 12.2. The first kappa shape index (κ1) is 14.8. The predicted octanol–water partition coefficient (Wildman–Crippen LogP) is 3.64. The maximum Gasteiger partial charge on any atom is 0.163 e. The van der Waals surface area contributed by atoms with E-state index in [1.54, 1.807) is 6.07 Å². The first-order chi connectivity index (χ1) is 9.79. The van der Waals surface area contributed by atoms with E-state index >= 15 is 0 Å². The second-order valence-electron chi connectivity index (χ2n) is 4.24. The van der Waals surface area contributed by atoms with Crippen LogP contribution in [0.2, 0.25) is 5.15 Å². The minimum absolute atomic E-state index is 0.436. The van der Waals surface area contributed by atoms with Crippen LogP contribution >= 0.6 is 11.6 Å². The molecule has 1 N–H and O–H groups in total. The largest absolute Gasteiger partial charge is 0.382 e. The van der Waals surface area contributed by atoms with Crippen molar-refractivity contribution >= 4 is 17.4 Å². The van der Waals surface area contributed by atoms with E-state index in [0.717, 1.165) is 37.6 Å². The summed E-state index contributed by atoms with van der Waals surface area (Å²) in [5.74, 6) is 1.37. The van der Waals surface area contributed by atoms with Gasteiger partial charge in [0.1, 0.15) is 11.0 Å². The molecule has 2 aromatic rings. The fraction of sp³-hybridized carbons (Fsp3) is 0.333. The van der Waals surface area contributed by atoms with E-state index in [0.29, 0.717) is 11.0 Å². The molecule has 5 heteroatoms. The number of hydrogen-bond donors (Lipinski definition) is 1. The normalized spacial score (nSPS) is 10.5. The van der Waals surface area contributed by atoms with Crippen LogP contribution in [0, 0.1) is 0 Å². The van der Waals surface area contributed by atoms with Gasteiger partial charge in [-0.2, -0.15) is 0 Å². The molecule has 0 atom stereocenters. The lowest BCUT2D eigenvalue weighted by molar-refractivity contribution is 0.147. The molecule has 0 spiro atoms. The van der Waals surface area contributed by atoms with Gasteiger partial charge in [0, 0.05) is 31.4 Å². The average Bonchev–Trinajstić information content (AvgIpc) is 2.47. The third kappa shape index (κ3) is 4.47. The standard InChI is InChI=1S/C15H18ClN3O/c1-2-20-10-6-9-17-14-11-13(16)18-15(19-14)12-7-4-3-5-8-12/h3-5,7-8,11H,2,6,9-10H2,1H3,(H,17,18,19). The second-order valence-corrected chi connectivity index (χ2v) is 4.63. The number of aromatic nitrogens is 2. The van der Waals surface area contributed by atoms with Crippen LogP contribution in [0.5, 0.6) is 0 Å². The molecule has 0 aliphatic rings. The minimum Gasteiger partial charge on any atom is -0.382 e. The summed E-state index contributed by atoms with van der Waals surface area (Å²) in [7, 11) is 0. The Morgan fingerprint density at radius 2 is 2.00 bits per heavy atom. The van der Waals surface area contributed by atoms with Gasteiger partial charge in [0.15, 0.2) is 5.82 Å². The summed E-state index contributed by atoms with van der Waals surface area (Å²) < 4.78 is 5.29. The van der Waals surface area contributed by atoms with Crippen LogP contribution in [-0.4, -0.2) is 29.7 Å². The molecule has 0 saturated carbocycles. The molecule has 0 aliphatic carbocycles. The van der Waals surface area contributed by atoms with Crippen molar-refractivity contribution in [2.24, 2.45) is 0 Å². The van der Waals surface area contributed by atoms with Gasteiger partial charge in [-0.05, 0) is 13.3 Å². The first-order valence-corrected chi connectivity index (χ1v) is 7.09. The maximum absolute atomic E-state index is 6.05. The molecular weight excluding hydrogens is 274 g/mol. The molecule has 20 heavy (non-hydrogen) atoms. The molecule has 0 unspecified atom stereocenters. The zero-order chi connectivity index (χ0) is 14.2. The Morgan fingerprint density at radius 3 is 2.75 bits per heavy atom. The highest BCUT2D eigenvalue weighted by atomic mass is 35.5. The van der Waals surface area contributed by atoms with Crippen molar-refractivity contribution < 1.29 is 4.74 Å². The van der Waals surface area contributed by atoms with Crippen LogP contribution in [0.1, 0.15) is 13.3 Å². The lowest BCUT2D eigenvalue weighted by atomic mass is 10.2. The van der Waals surface area contributed by atoms with Gasteiger partial charge >= 0.3 is 0 Å². The van der Waals surface area contributed by atoms with Gasteiger partial charge in [-0.15, -0.1) is 0 Å². The Morgan fingerprint density at radius 1 is 1.20 bits per heavy atom. The van der Waals surface area contributed by atoms with E-state index in [-0.39, 0.29) is 0 Å². The fourth-order valence-corrected chi connectivity index (χ4v) is 1.94. The second kappa shape index (κ2) is 7.82. The molecule has 1 heterocycles. The van der Waals surface area contributed by atoms with Gasteiger partial charge < -0.3 is 10.1 Å². The van der Waals surface area contributed by atoms with Gasteiger partial charge in [0.25, 0.3) is 0 Å². The summed E-state index contributed by atoms with van der Waals surface area (Å²) in [6.45, 7) is 4.27. The summed E-state index contributed by atoms with van der Waals surface area (Å²) >= 11 is 6.05. The molecule has 0 saturated heterocycles. The van der Waals surface area contributed by atoms with Gasteiger partial charge in [-0.1, -0.05) is 41.9 Å². The maximum atomic E-state index is 6.05. The van der Waals surface area contributed by atoms with Crippen molar-refractivity contribution in [1.29, 1.82) is 0 Å². The predicted molar refractivity (Wildman–Crippen MR) is 82.1 cm³/mol. The number of halogens is 1. The van der Waals surface area contributed by atoms with Crippen molar-refractivity contribution in [1.82, 2.24) is 9.97 Å². The van der Waals surface area contributed by atoms with Crippen LogP contribution in [0.3, 0.4) is 0 Å². The lowest BCUT2D eigenvalue weighted by Gasteiger charge is -2.08. The van der Waals surface area contributed by atoms with Crippen LogP contribution in [0.4, 0.5) is 5.82 Å². The summed E-state index contributed by atoms with van der Waals surface area (Å²) in [6.07, 6.45) is 0.927. The molecular formula is C15H18ClN3O. The van der Waals surface area contributed by atoms with Gasteiger partial charge in [0.2, 0.25) is 0 Å². The van der Waals surface area contributed by atoms with Crippen molar-refractivity contribution in [3.05, 3.63) is 41.6 Å². The Hall–Kier alpha value is -1.65. The van der Waals surface area contributed by atoms with E-state index < -0.39 is 0 Å². The smallest absolute Gasteiger partial charge is 0.163 e. The SMILES string of the molecule is CCOCCCNc1cc(Cl)nc(-c2ccccc2)n1. The first-order valence-electron chi connectivity index (χ1n) is 6.71. The Bertz CT molecular complexity index is 534. The highest BCUT2D eigenvalue weighted by molar-refractivity contribution is 6.29. The number of rotatable bonds is 7. The molecule has 0 radical (unpaired) electrons. The van der Waals surface area contributed by atoms with E-state index in [2.05, 4.69) is 15.3 Å². The van der Waals surface area contributed by atoms with Crippen LogP contribution in [0.15, 0.2) is 36.4 Å². The number of hydrogen-bond acceptors (Lipinski definition) is 4. The molecule has 0 aliphatic heterocycles. The number of nitrogens with zero attached hydrogens (tertiary/aromatic N) is 2. The van der Waals surface area contributed by atoms with Crippen molar-refractivity contribution in [3.63, 3.8) is 0 Å². The van der Waals surface area contributed by atoms with E-state index in [1.165, 1.54) is 0 Å². The Balaban J connectivity index is 2.02. The topological polar surface area (TPSA) is 47.0 Å². The van der Waals surface area contributed by atoms with Crippen LogP contribution < -0.4 is 5.32 Å². The summed E-state index contributed by atoms with van der Waals surface area (Å²) in [4.78, 5) is 8.73. The van der Waals surface area contributed by atoms with Crippen LogP contribution in [-0.2, 0) is 4.74 Å². The minimum atomic E-state index is 0.436. The number of nitrogens with one attached hydrogen (secondary N) is 1. The molecule has 2 rings (SSSR count). The quantitative estimate of drug-likeness (QED) is 0.625. The van der Waals surface area contributed by atoms with Crippen LogP contribution in [0.25, 0.3) is 11.4 Å². The van der Waals surface area contributed by atoms with E-state index in [1.807, 2.05) is 37.3 Å². The van der Waals surface area contributed by atoms with Gasteiger partial charge in [0.05, 0.1) is 0 Å². The molecule has 1 aromatic carbocycles. The number of anilines is 1. The summed E-state index contributed by atoms with van der Waals surface area (Å²) in [5.41, 5.74) is 0.951. The molecule has 4 nitrogen and oxygen atoms in total. The van der Waals surface area contributed by atoms with Crippen molar-refractivity contribution in [2.75, 3.05) is 25.1 Å². The lowest BCUT2D eigenvalue weighted by Crippen LogP contribution is -2.07. The summed E-state index contributed by atoms with van der Waals surface area (Å²) in [5, 5.41) is 3.68. The third-order valence-electron chi connectivity index (χ3n) is 2.70. The molecule has 0 fully saturated rings. The number of benzene rings is 1. The van der Waals surface area contributed by atoms with Gasteiger partial charge in [-0.25, -0.2) is 9.97 Å². The molecule has 0 bridgehead atoms. The third-order valence-corrected chi connectivity index (χ3v) is 2.90. The van der Waals surface area contributed by atoms with Crippen molar-refractivity contribution in [2.45, 2.75) is 13.3 Å². The molecule has 106 valence electrons. The van der Waals surface area contributed by atoms with Crippen molar-refractivity contribution in [3.8, 4) is 11.4 Å². The number of ether oxygens (including phenoxy) is 1. The average molecular weight is 292 g/mol. The van der Waals surface area contributed by atoms with Gasteiger partial charge in [-0.3, -0.25) is 0 Å². The fourth-order valence-electron chi connectivity index (χ4n) is 1.76.